The van der Waals surface area contributed by atoms with E-state index in [1.165, 1.54) is 16.4 Å². The van der Waals surface area contributed by atoms with E-state index in [4.69, 9.17) is 11.6 Å². The highest BCUT2D eigenvalue weighted by molar-refractivity contribution is 7.92. The largest absolute Gasteiger partial charge is 0.352 e. The van der Waals surface area contributed by atoms with Crippen LogP contribution in [0.4, 0.5) is 10.1 Å². The summed E-state index contributed by atoms with van der Waals surface area (Å²) in [6.07, 6.45) is 5.57. The summed E-state index contributed by atoms with van der Waals surface area (Å²) in [6, 6.07) is 19.8. The van der Waals surface area contributed by atoms with Crippen LogP contribution in [0, 0.1) is 12.7 Å². The van der Waals surface area contributed by atoms with Crippen LogP contribution < -0.4 is 9.62 Å². The highest BCUT2D eigenvalue weighted by Gasteiger charge is 2.32. The third-order valence-corrected chi connectivity index (χ3v) is 9.49. The molecular weight excluding hydrogens is 589 g/mol. The summed E-state index contributed by atoms with van der Waals surface area (Å²) in [6.45, 7) is 1.92. The molecule has 0 saturated heterocycles. The molecule has 0 aromatic heterocycles. The number of nitrogens with zero attached hydrogens (tertiary/aromatic N) is 2. The maximum absolute atomic E-state index is 14.0. The Balaban J connectivity index is 1.59. The van der Waals surface area contributed by atoms with Gasteiger partial charge >= 0.3 is 0 Å². The Kier molecular flexibility index (Phi) is 11.2. The topological polar surface area (TPSA) is 86.8 Å². The average Bonchev–Trinajstić information content (AvgIpc) is 3.48. The lowest BCUT2D eigenvalue weighted by atomic mass is 10.0. The van der Waals surface area contributed by atoms with E-state index in [2.05, 4.69) is 5.32 Å². The first-order chi connectivity index (χ1) is 20.5. The van der Waals surface area contributed by atoms with Crippen molar-refractivity contribution in [2.45, 2.75) is 70.5 Å². The zero-order valence-electron chi connectivity index (χ0n) is 24.6. The summed E-state index contributed by atoms with van der Waals surface area (Å²) in [5, 5.41) is 3.61. The summed E-state index contributed by atoms with van der Waals surface area (Å²) in [5.41, 5.74) is 2.69. The molecule has 0 radical (unpaired) electrons. The molecule has 0 bridgehead atoms. The maximum Gasteiger partial charge on any atom is 0.243 e. The van der Waals surface area contributed by atoms with Gasteiger partial charge in [-0.3, -0.25) is 13.9 Å². The van der Waals surface area contributed by atoms with Gasteiger partial charge < -0.3 is 10.2 Å². The number of benzene rings is 3. The molecule has 10 heteroatoms. The first-order valence-corrected chi connectivity index (χ1v) is 16.9. The number of hydrogen-bond donors (Lipinski definition) is 1. The quantitative estimate of drug-likeness (QED) is 0.251. The van der Waals surface area contributed by atoms with Crippen LogP contribution >= 0.6 is 11.6 Å². The van der Waals surface area contributed by atoms with E-state index in [1.54, 1.807) is 42.2 Å². The molecule has 1 aliphatic rings. The molecule has 1 atom stereocenters. The van der Waals surface area contributed by atoms with E-state index in [9.17, 15) is 22.4 Å². The van der Waals surface area contributed by atoms with Crippen molar-refractivity contribution in [3.8, 4) is 0 Å². The number of sulfonamides is 1. The van der Waals surface area contributed by atoms with Crippen molar-refractivity contribution in [1.82, 2.24) is 10.2 Å². The molecule has 43 heavy (non-hydrogen) atoms. The summed E-state index contributed by atoms with van der Waals surface area (Å²) in [5.74, 6) is -0.903. The third-order valence-electron chi connectivity index (χ3n) is 7.90. The third kappa shape index (κ3) is 9.03. The minimum atomic E-state index is -3.66. The van der Waals surface area contributed by atoms with E-state index in [-0.39, 0.29) is 43.8 Å². The van der Waals surface area contributed by atoms with Gasteiger partial charge in [-0.25, -0.2) is 12.8 Å². The molecule has 4 rings (SSSR count). The fourth-order valence-corrected chi connectivity index (χ4v) is 6.74. The smallest absolute Gasteiger partial charge is 0.243 e. The highest BCUT2D eigenvalue weighted by atomic mass is 35.5. The second-order valence-corrected chi connectivity index (χ2v) is 13.5. The van der Waals surface area contributed by atoms with Crippen molar-refractivity contribution in [2.75, 3.05) is 17.1 Å². The van der Waals surface area contributed by atoms with E-state index in [0.717, 1.165) is 37.5 Å². The molecular formula is C33H39ClFN3O4S. The van der Waals surface area contributed by atoms with E-state index < -0.39 is 21.9 Å². The minimum Gasteiger partial charge on any atom is -0.352 e. The molecule has 1 saturated carbocycles. The zero-order chi connectivity index (χ0) is 31.0. The molecule has 3 aromatic rings. The Hall–Kier alpha value is -3.43. The molecule has 0 unspecified atom stereocenters. The van der Waals surface area contributed by atoms with Crippen LogP contribution in [0.25, 0.3) is 0 Å². The van der Waals surface area contributed by atoms with Crippen molar-refractivity contribution < 1.29 is 22.4 Å². The van der Waals surface area contributed by atoms with Crippen LogP contribution in [-0.2, 0) is 32.6 Å². The Morgan fingerprint density at radius 2 is 1.65 bits per heavy atom. The second-order valence-electron chi connectivity index (χ2n) is 11.2. The van der Waals surface area contributed by atoms with Gasteiger partial charge in [-0.2, -0.15) is 0 Å². The highest BCUT2D eigenvalue weighted by Crippen LogP contribution is 2.29. The fraction of sp³-hybridized carbons (Fsp3) is 0.394. The summed E-state index contributed by atoms with van der Waals surface area (Å²) >= 11 is 6.27. The van der Waals surface area contributed by atoms with Gasteiger partial charge in [0, 0.05) is 37.0 Å². The summed E-state index contributed by atoms with van der Waals surface area (Å²) < 4.78 is 40.5. The van der Waals surface area contributed by atoms with Crippen molar-refractivity contribution in [3.05, 3.63) is 100 Å². The van der Waals surface area contributed by atoms with Gasteiger partial charge in [-0.15, -0.1) is 0 Å². The van der Waals surface area contributed by atoms with Crippen LogP contribution in [0.2, 0.25) is 5.02 Å². The van der Waals surface area contributed by atoms with E-state index >= 15 is 0 Å². The number of carbonyl (C=O) groups is 2. The number of rotatable bonds is 13. The fourth-order valence-electron chi connectivity index (χ4n) is 5.56. The molecule has 1 N–H and O–H groups in total. The molecule has 2 amide bonds. The molecule has 0 spiro atoms. The molecule has 1 fully saturated rings. The predicted octanol–water partition coefficient (Wildman–Crippen LogP) is 6.03. The molecule has 230 valence electrons. The lowest BCUT2D eigenvalue weighted by molar-refractivity contribution is -0.141. The van der Waals surface area contributed by atoms with Gasteiger partial charge in [-0.05, 0) is 67.1 Å². The van der Waals surface area contributed by atoms with E-state index in [0.29, 0.717) is 28.3 Å². The Bertz CT molecular complexity index is 1500. The van der Waals surface area contributed by atoms with E-state index in [1.807, 2.05) is 30.3 Å². The second kappa shape index (κ2) is 14.8. The first kappa shape index (κ1) is 32.5. The van der Waals surface area contributed by atoms with Crippen molar-refractivity contribution in [3.63, 3.8) is 0 Å². The number of amides is 2. The van der Waals surface area contributed by atoms with Crippen molar-refractivity contribution in [2.24, 2.45) is 0 Å². The van der Waals surface area contributed by atoms with Gasteiger partial charge in [0.05, 0.1) is 11.9 Å². The zero-order valence-corrected chi connectivity index (χ0v) is 26.2. The number of nitrogens with one attached hydrogen (secondary N) is 1. The van der Waals surface area contributed by atoms with Crippen LogP contribution in [0.3, 0.4) is 0 Å². The Labute approximate surface area is 259 Å². The number of anilines is 1. The number of carbonyl (C=O) groups excluding carboxylic acids is 2. The maximum atomic E-state index is 14.0. The Morgan fingerprint density at radius 1 is 0.977 bits per heavy atom. The Morgan fingerprint density at radius 3 is 2.30 bits per heavy atom. The molecule has 1 aliphatic carbocycles. The van der Waals surface area contributed by atoms with Crippen molar-refractivity contribution >= 4 is 39.1 Å². The van der Waals surface area contributed by atoms with Gasteiger partial charge in [0.2, 0.25) is 21.8 Å². The van der Waals surface area contributed by atoms with Crippen LogP contribution in [-0.4, -0.2) is 50.0 Å². The number of hydrogen-bond acceptors (Lipinski definition) is 4. The van der Waals surface area contributed by atoms with Crippen molar-refractivity contribution in [1.29, 1.82) is 0 Å². The summed E-state index contributed by atoms with van der Waals surface area (Å²) in [7, 11) is -3.66. The molecule has 0 heterocycles. The van der Waals surface area contributed by atoms with Gasteiger partial charge in [0.15, 0.2) is 0 Å². The molecule has 7 nitrogen and oxygen atoms in total. The van der Waals surface area contributed by atoms with Crippen LogP contribution in [0.15, 0.2) is 72.8 Å². The normalized spacial score (nSPS) is 14.3. The monoisotopic (exact) mass is 627 g/mol. The lowest BCUT2D eigenvalue weighted by Crippen LogP contribution is -2.52. The standard InChI is InChI=1S/C33H39ClFN3O4S/c1-24-29(34)14-8-15-30(24)38(43(2,41)42)21-9-16-32(39)37(23-26-17-19-27(35)20-18-26)31(22-25-10-4-3-5-11-25)33(40)36-28-12-6-7-13-28/h3-5,8,10-11,14-15,17-20,28,31H,6-7,9,12-13,16,21-23H2,1-2H3,(H,36,40)/t31-/m0/s1. The number of halogens is 2. The average molecular weight is 628 g/mol. The van der Waals surface area contributed by atoms with Gasteiger partial charge in [0.1, 0.15) is 11.9 Å². The predicted molar refractivity (Wildman–Crippen MR) is 169 cm³/mol. The summed E-state index contributed by atoms with van der Waals surface area (Å²) in [4.78, 5) is 29.3. The van der Waals surface area contributed by atoms with Gasteiger partial charge in [-0.1, -0.05) is 73.0 Å². The lowest BCUT2D eigenvalue weighted by Gasteiger charge is -2.33. The first-order valence-electron chi connectivity index (χ1n) is 14.6. The van der Waals surface area contributed by atoms with Crippen LogP contribution in [0.1, 0.15) is 55.2 Å². The molecule has 0 aliphatic heterocycles. The minimum absolute atomic E-state index is 0.00876. The van der Waals surface area contributed by atoms with Crippen LogP contribution in [0.5, 0.6) is 0 Å². The SMILES string of the molecule is Cc1c(Cl)cccc1N(CCCC(=O)N(Cc1ccc(F)cc1)[C@@H](Cc1ccccc1)C(=O)NC1CCCC1)S(C)(=O)=O. The molecule has 3 aromatic carbocycles. The van der Waals surface area contributed by atoms with Gasteiger partial charge in [0.25, 0.3) is 0 Å².